The molecule has 0 aromatic heterocycles. The molecule has 116 valence electrons. The molecule has 1 aliphatic rings. The van der Waals surface area contributed by atoms with Crippen molar-refractivity contribution in [2.75, 3.05) is 13.1 Å². The van der Waals surface area contributed by atoms with E-state index >= 15 is 0 Å². The topological polar surface area (TPSA) is 40.5 Å². The first-order valence-corrected chi connectivity index (χ1v) is 8.12. The lowest BCUT2D eigenvalue weighted by atomic mass is 9.93. The molecule has 22 heavy (non-hydrogen) atoms. The van der Waals surface area contributed by atoms with E-state index in [0.717, 1.165) is 26.1 Å². The van der Waals surface area contributed by atoms with Crippen molar-refractivity contribution in [2.45, 2.75) is 32.2 Å². The van der Waals surface area contributed by atoms with Gasteiger partial charge in [-0.2, -0.15) is 0 Å². The highest BCUT2D eigenvalue weighted by molar-refractivity contribution is 5.82. The van der Waals surface area contributed by atoms with Crippen molar-refractivity contribution in [1.29, 1.82) is 0 Å². The Labute approximate surface area is 131 Å². The highest BCUT2D eigenvalue weighted by Crippen LogP contribution is 2.23. The Morgan fingerprint density at radius 3 is 2.82 bits per heavy atom. The van der Waals surface area contributed by atoms with Gasteiger partial charge in [-0.05, 0) is 54.1 Å². The first-order chi connectivity index (χ1) is 10.7. The van der Waals surface area contributed by atoms with E-state index in [4.69, 9.17) is 5.11 Å². The van der Waals surface area contributed by atoms with Crippen LogP contribution in [0, 0.1) is 5.92 Å². The summed E-state index contributed by atoms with van der Waals surface area (Å²) in [7, 11) is 0. The zero-order valence-corrected chi connectivity index (χ0v) is 12.9. The summed E-state index contributed by atoms with van der Waals surface area (Å²) in [6, 6.07) is 15.1. The molecule has 0 amide bonds. The van der Waals surface area contributed by atoms with Crippen molar-refractivity contribution in [3.63, 3.8) is 0 Å². The summed E-state index contributed by atoms with van der Waals surface area (Å²) in [5, 5.41) is 11.4. The Balaban J connectivity index is 1.62. The van der Waals surface area contributed by atoms with Gasteiger partial charge in [-0.3, -0.25) is 9.69 Å². The van der Waals surface area contributed by atoms with E-state index < -0.39 is 5.97 Å². The molecule has 0 saturated carbocycles. The summed E-state index contributed by atoms with van der Waals surface area (Å²) in [6.07, 6.45) is 3.46. The number of benzene rings is 2. The first kappa shape index (κ1) is 15.0. The number of rotatable bonds is 5. The summed E-state index contributed by atoms with van der Waals surface area (Å²) in [6.45, 7) is 3.12. The Morgan fingerprint density at radius 2 is 2.00 bits per heavy atom. The summed E-state index contributed by atoms with van der Waals surface area (Å²) in [5.74, 6) is -0.142. The molecule has 2 aromatic carbocycles. The van der Waals surface area contributed by atoms with E-state index in [1.165, 1.54) is 29.2 Å². The van der Waals surface area contributed by atoms with Crippen LogP contribution in [-0.4, -0.2) is 29.1 Å². The Hall–Kier alpha value is -1.87. The number of hydrogen-bond donors (Lipinski definition) is 1. The van der Waals surface area contributed by atoms with Crippen LogP contribution in [0.5, 0.6) is 0 Å². The predicted octanol–water partition coefficient (Wildman–Crippen LogP) is 3.92. The Morgan fingerprint density at radius 1 is 1.18 bits per heavy atom. The van der Waals surface area contributed by atoms with Gasteiger partial charge in [0.2, 0.25) is 0 Å². The third kappa shape index (κ3) is 3.86. The average Bonchev–Trinajstić information content (AvgIpc) is 2.53. The van der Waals surface area contributed by atoms with Gasteiger partial charge in [0.15, 0.2) is 0 Å². The van der Waals surface area contributed by atoms with Crippen molar-refractivity contribution in [3.05, 3.63) is 48.0 Å². The molecule has 2 aromatic rings. The Bertz CT molecular complexity index is 653. The number of carboxylic acids is 1. The molecule has 0 aliphatic carbocycles. The molecule has 1 fully saturated rings. The number of nitrogens with zero attached hydrogens (tertiary/aromatic N) is 1. The van der Waals surface area contributed by atoms with Crippen LogP contribution < -0.4 is 0 Å². The van der Waals surface area contributed by atoms with Crippen molar-refractivity contribution < 1.29 is 9.90 Å². The third-order valence-corrected chi connectivity index (χ3v) is 4.59. The standard InChI is InChI=1S/C19H23NO2/c21-19(22)10-8-15-4-3-11-20(13-15)14-16-7-9-17-5-1-2-6-18(17)12-16/h1-2,5-7,9,12,15H,3-4,8,10-11,13-14H2,(H,21,22). The fourth-order valence-electron chi connectivity index (χ4n) is 3.45. The van der Waals surface area contributed by atoms with Crippen molar-refractivity contribution in [3.8, 4) is 0 Å². The van der Waals surface area contributed by atoms with E-state index in [9.17, 15) is 4.79 Å². The van der Waals surface area contributed by atoms with Gasteiger partial charge in [0, 0.05) is 19.5 Å². The molecule has 0 spiro atoms. The lowest BCUT2D eigenvalue weighted by Gasteiger charge is -2.32. The fourth-order valence-corrected chi connectivity index (χ4v) is 3.45. The SMILES string of the molecule is O=C(O)CCC1CCCN(Cc2ccc3ccccc3c2)C1. The second kappa shape index (κ2) is 6.93. The minimum absolute atomic E-state index is 0.300. The molecule has 1 saturated heterocycles. The van der Waals surface area contributed by atoms with Gasteiger partial charge in [0.1, 0.15) is 0 Å². The highest BCUT2D eigenvalue weighted by Gasteiger charge is 2.20. The van der Waals surface area contributed by atoms with Gasteiger partial charge in [0.05, 0.1) is 0 Å². The summed E-state index contributed by atoms with van der Waals surface area (Å²) in [4.78, 5) is 13.2. The molecule has 0 radical (unpaired) electrons. The van der Waals surface area contributed by atoms with Crippen LogP contribution in [0.15, 0.2) is 42.5 Å². The average molecular weight is 297 g/mol. The van der Waals surface area contributed by atoms with Crippen molar-refractivity contribution in [1.82, 2.24) is 4.90 Å². The maximum absolute atomic E-state index is 10.7. The van der Waals surface area contributed by atoms with Gasteiger partial charge >= 0.3 is 5.97 Å². The highest BCUT2D eigenvalue weighted by atomic mass is 16.4. The number of hydrogen-bond acceptors (Lipinski definition) is 2. The van der Waals surface area contributed by atoms with Gasteiger partial charge in [0.25, 0.3) is 0 Å². The largest absolute Gasteiger partial charge is 0.481 e. The van der Waals surface area contributed by atoms with Gasteiger partial charge in [-0.25, -0.2) is 0 Å². The van der Waals surface area contributed by atoms with E-state index in [-0.39, 0.29) is 0 Å². The van der Waals surface area contributed by atoms with E-state index in [1.807, 2.05) is 0 Å². The van der Waals surface area contributed by atoms with Crippen LogP contribution >= 0.6 is 0 Å². The van der Waals surface area contributed by atoms with Crippen LogP contribution in [0.4, 0.5) is 0 Å². The number of fused-ring (bicyclic) bond motifs is 1. The zero-order valence-electron chi connectivity index (χ0n) is 12.9. The van der Waals surface area contributed by atoms with Crippen molar-refractivity contribution >= 4 is 16.7 Å². The monoisotopic (exact) mass is 297 g/mol. The zero-order chi connectivity index (χ0) is 15.4. The van der Waals surface area contributed by atoms with Crippen molar-refractivity contribution in [2.24, 2.45) is 5.92 Å². The molecule has 1 unspecified atom stereocenters. The molecule has 0 bridgehead atoms. The van der Waals surface area contributed by atoms with Gasteiger partial charge in [-0.15, -0.1) is 0 Å². The smallest absolute Gasteiger partial charge is 0.303 e. The molecular weight excluding hydrogens is 274 g/mol. The van der Waals surface area contributed by atoms with Crippen LogP contribution in [0.3, 0.4) is 0 Å². The number of piperidine rings is 1. The molecule has 3 nitrogen and oxygen atoms in total. The fraction of sp³-hybridized carbons (Fsp3) is 0.421. The number of carboxylic acid groups (broad SMARTS) is 1. The number of carbonyl (C=O) groups is 1. The predicted molar refractivity (Wildman–Crippen MR) is 88.8 cm³/mol. The molecule has 3 heteroatoms. The second-order valence-electron chi connectivity index (χ2n) is 6.36. The number of likely N-dealkylation sites (tertiary alicyclic amines) is 1. The minimum atomic E-state index is -0.674. The number of aliphatic carboxylic acids is 1. The Kier molecular flexibility index (Phi) is 4.74. The van der Waals surface area contributed by atoms with Gasteiger partial charge in [-0.1, -0.05) is 36.4 Å². The van der Waals surface area contributed by atoms with E-state index in [0.29, 0.717) is 12.3 Å². The van der Waals surface area contributed by atoms with Gasteiger partial charge < -0.3 is 5.11 Å². The lowest BCUT2D eigenvalue weighted by Crippen LogP contribution is -2.35. The summed E-state index contributed by atoms with van der Waals surface area (Å²) in [5.41, 5.74) is 1.34. The first-order valence-electron chi connectivity index (χ1n) is 8.12. The quantitative estimate of drug-likeness (QED) is 0.909. The molecule has 3 rings (SSSR count). The van der Waals surface area contributed by atoms with Crippen LogP contribution in [-0.2, 0) is 11.3 Å². The summed E-state index contributed by atoms with van der Waals surface area (Å²) >= 11 is 0. The molecule has 1 heterocycles. The molecular formula is C19H23NO2. The third-order valence-electron chi connectivity index (χ3n) is 4.59. The second-order valence-corrected chi connectivity index (χ2v) is 6.36. The molecule has 1 N–H and O–H groups in total. The van der Waals surface area contributed by atoms with E-state index in [1.54, 1.807) is 0 Å². The minimum Gasteiger partial charge on any atom is -0.481 e. The summed E-state index contributed by atoms with van der Waals surface area (Å²) < 4.78 is 0. The maximum atomic E-state index is 10.7. The molecule has 1 aliphatic heterocycles. The normalized spacial score (nSPS) is 19.4. The van der Waals surface area contributed by atoms with Crippen LogP contribution in [0.1, 0.15) is 31.2 Å². The van der Waals surface area contributed by atoms with Crippen LogP contribution in [0.25, 0.3) is 10.8 Å². The van der Waals surface area contributed by atoms with Crippen LogP contribution in [0.2, 0.25) is 0 Å². The van der Waals surface area contributed by atoms with E-state index in [2.05, 4.69) is 47.4 Å². The maximum Gasteiger partial charge on any atom is 0.303 e. The lowest BCUT2D eigenvalue weighted by molar-refractivity contribution is -0.137. The molecule has 1 atom stereocenters.